The highest BCUT2D eigenvalue weighted by Gasteiger charge is 2.21. The number of hydrogen-bond donors (Lipinski definition) is 1. The maximum atomic E-state index is 10.5. The third kappa shape index (κ3) is 3.45. The Kier molecular flexibility index (Phi) is 4.58. The van der Waals surface area contributed by atoms with Crippen molar-refractivity contribution in [1.82, 2.24) is 4.98 Å². The van der Waals surface area contributed by atoms with Gasteiger partial charge in [-0.2, -0.15) is 0 Å². The predicted molar refractivity (Wildman–Crippen MR) is 73.3 cm³/mol. The average Bonchev–Trinajstić information content (AvgIpc) is 2.85. The standard InChI is InChI=1S/C13H20N2O2S/c1-2-11-9-18-13(14-11)15-7-5-10(6-8-15)3-4-12(16)17/h9-10H,2-8H2,1H3,(H,16,17). The molecule has 1 N–H and O–H groups in total. The molecule has 1 aromatic rings. The van der Waals surface area contributed by atoms with Crippen molar-refractivity contribution in [1.29, 1.82) is 0 Å². The molecule has 5 heteroatoms. The first-order chi connectivity index (χ1) is 8.69. The number of piperidine rings is 1. The van der Waals surface area contributed by atoms with E-state index in [1.54, 1.807) is 11.3 Å². The van der Waals surface area contributed by atoms with E-state index in [4.69, 9.17) is 5.11 Å². The molecule has 0 saturated carbocycles. The molecule has 18 heavy (non-hydrogen) atoms. The van der Waals surface area contributed by atoms with Gasteiger partial charge < -0.3 is 10.0 Å². The van der Waals surface area contributed by atoms with Crippen molar-refractivity contribution in [3.8, 4) is 0 Å². The molecule has 1 saturated heterocycles. The minimum absolute atomic E-state index is 0.307. The van der Waals surface area contributed by atoms with Crippen LogP contribution in [0.5, 0.6) is 0 Å². The van der Waals surface area contributed by atoms with Gasteiger partial charge in [0.15, 0.2) is 5.13 Å². The number of rotatable bonds is 5. The number of aliphatic carboxylic acids is 1. The van der Waals surface area contributed by atoms with E-state index in [2.05, 4.69) is 22.2 Å². The Hall–Kier alpha value is -1.10. The summed E-state index contributed by atoms with van der Waals surface area (Å²) in [6.07, 6.45) is 4.30. The second kappa shape index (κ2) is 6.18. The molecular weight excluding hydrogens is 248 g/mol. The van der Waals surface area contributed by atoms with E-state index >= 15 is 0 Å². The van der Waals surface area contributed by atoms with Crippen molar-refractivity contribution in [2.45, 2.75) is 39.0 Å². The summed E-state index contributed by atoms with van der Waals surface area (Å²) < 4.78 is 0. The van der Waals surface area contributed by atoms with Crippen LogP contribution >= 0.6 is 11.3 Å². The van der Waals surface area contributed by atoms with Gasteiger partial charge in [0, 0.05) is 24.9 Å². The first-order valence-corrected chi connectivity index (χ1v) is 7.48. The van der Waals surface area contributed by atoms with Crippen molar-refractivity contribution < 1.29 is 9.90 Å². The van der Waals surface area contributed by atoms with Gasteiger partial charge in [-0.15, -0.1) is 11.3 Å². The van der Waals surface area contributed by atoms with E-state index in [1.165, 1.54) is 5.69 Å². The molecule has 1 aromatic heterocycles. The van der Waals surface area contributed by atoms with Crippen LogP contribution in [-0.2, 0) is 11.2 Å². The fourth-order valence-electron chi connectivity index (χ4n) is 2.34. The molecule has 0 unspecified atom stereocenters. The molecule has 100 valence electrons. The van der Waals surface area contributed by atoms with Crippen molar-refractivity contribution in [2.24, 2.45) is 5.92 Å². The highest BCUT2D eigenvalue weighted by molar-refractivity contribution is 7.13. The molecule has 2 heterocycles. The minimum atomic E-state index is -0.676. The minimum Gasteiger partial charge on any atom is -0.481 e. The van der Waals surface area contributed by atoms with E-state index < -0.39 is 5.97 Å². The van der Waals surface area contributed by atoms with Crippen molar-refractivity contribution in [3.05, 3.63) is 11.1 Å². The number of aryl methyl sites for hydroxylation is 1. The Morgan fingerprint density at radius 1 is 1.56 bits per heavy atom. The number of nitrogens with zero attached hydrogens (tertiary/aromatic N) is 2. The monoisotopic (exact) mass is 268 g/mol. The van der Waals surface area contributed by atoms with Gasteiger partial charge >= 0.3 is 5.97 Å². The molecule has 0 aromatic carbocycles. The third-order valence-corrected chi connectivity index (χ3v) is 4.50. The smallest absolute Gasteiger partial charge is 0.303 e. The highest BCUT2D eigenvalue weighted by Crippen LogP contribution is 2.28. The van der Waals surface area contributed by atoms with Crippen LogP contribution < -0.4 is 4.90 Å². The summed E-state index contributed by atoms with van der Waals surface area (Å²) in [5.74, 6) is -0.104. The lowest BCUT2D eigenvalue weighted by atomic mass is 9.92. The molecule has 2 rings (SSSR count). The highest BCUT2D eigenvalue weighted by atomic mass is 32.1. The fraction of sp³-hybridized carbons (Fsp3) is 0.692. The molecule has 0 radical (unpaired) electrons. The number of carbonyl (C=O) groups is 1. The van der Waals surface area contributed by atoms with Gasteiger partial charge in [0.25, 0.3) is 0 Å². The lowest BCUT2D eigenvalue weighted by molar-refractivity contribution is -0.137. The fourth-order valence-corrected chi connectivity index (χ4v) is 3.31. The van der Waals surface area contributed by atoms with Crippen LogP contribution in [0.25, 0.3) is 0 Å². The Morgan fingerprint density at radius 2 is 2.28 bits per heavy atom. The summed E-state index contributed by atoms with van der Waals surface area (Å²) >= 11 is 1.72. The van der Waals surface area contributed by atoms with E-state index in [9.17, 15) is 4.79 Å². The Morgan fingerprint density at radius 3 is 2.83 bits per heavy atom. The van der Waals surface area contributed by atoms with Gasteiger partial charge in [0.2, 0.25) is 0 Å². The van der Waals surface area contributed by atoms with Gasteiger partial charge in [0.1, 0.15) is 0 Å². The van der Waals surface area contributed by atoms with Crippen LogP contribution in [0.2, 0.25) is 0 Å². The van der Waals surface area contributed by atoms with Gasteiger partial charge in [-0.3, -0.25) is 4.79 Å². The molecule has 0 spiro atoms. The molecule has 0 bridgehead atoms. The molecule has 1 fully saturated rings. The zero-order chi connectivity index (χ0) is 13.0. The molecule has 1 aliphatic heterocycles. The largest absolute Gasteiger partial charge is 0.481 e. The van der Waals surface area contributed by atoms with Crippen LogP contribution in [0.15, 0.2) is 5.38 Å². The number of carboxylic acids is 1. The first-order valence-electron chi connectivity index (χ1n) is 6.60. The first kappa shape index (κ1) is 13.3. The summed E-state index contributed by atoms with van der Waals surface area (Å²) in [6.45, 7) is 4.15. The van der Waals surface area contributed by atoms with Crippen LogP contribution in [-0.4, -0.2) is 29.1 Å². The number of aromatic nitrogens is 1. The summed E-state index contributed by atoms with van der Waals surface area (Å²) in [4.78, 5) is 17.5. The molecule has 4 nitrogen and oxygen atoms in total. The van der Waals surface area contributed by atoms with E-state index in [0.29, 0.717) is 12.3 Å². The Labute approximate surface area is 112 Å². The molecule has 0 amide bonds. The summed E-state index contributed by atoms with van der Waals surface area (Å²) in [5.41, 5.74) is 1.17. The van der Waals surface area contributed by atoms with Gasteiger partial charge in [-0.1, -0.05) is 6.92 Å². The lowest BCUT2D eigenvalue weighted by Gasteiger charge is -2.31. The van der Waals surface area contributed by atoms with Crippen LogP contribution in [0.4, 0.5) is 5.13 Å². The number of thiazole rings is 1. The SMILES string of the molecule is CCc1csc(N2CCC(CCC(=O)O)CC2)n1. The molecule has 0 atom stereocenters. The van der Waals surface area contributed by atoms with Crippen LogP contribution in [0, 0.1) is 5.92 Å². The van der Waals surface area contributed by atoms with Crippen LogP contribution in [0.1, 0.15) is 38.3 Å². The number of carboxylic acid groups (broad SMARTS) is 1. The molecule has 0 aliphatic carbocycles. The van der Waals surface area contributed by atoms with Crippen LogP contribution in [0.3, 0.4) is 0 Å². The zero-order valence-corrected chi connectivity index (χ0v) is 11.6. The van der Waals surface area contributed by atoms with E-state index in [1.807, 2.05) is 0 Å². The number of hydrogen-bond acceptors (Lipinski definition) is 4. The summed E-state index contributed by atoms with van der Waals surface area (Å²) in [6, 6.07) is 0. The zero-order valence-electron chi connectivity index (χ0n) is 10.8. The Balaban J connectivity index is 1.81. The number of anilines is 1. The van der Waals surface area contributed by atoms with Crippen molar-refractivity contribution in [3.63, 3.8) is 0 Å². The topological polar surface area (TPSA) is 53.4 Å². The van der Waals surface area contributed by atoms with Gasteiger partial charge in [0.05, 0.1) is 5.69 Å². The van der Waals surface area contributed by atoms with E-state index in [0.717, 1.165) is 43.9 Å². The molecule has 1 aliphatic rings. The van der Waals surface area contributed by atoms with Crippen molar-refractivity contribution in [2.75, 3.05) is 18.0 Å². The van der Waals surface area contributed by atoms with Gasteiger partial charge in [-0.25, -0.2) is 4.98 Å². The Bertz CT molecular complexity index is 397. The third-order valence-electron chi connectivity index (χ3n) is 3.55. The summed E-state index contributed by atoms with van der Waals surface area (Å²) in [7, 11) is 0. The second-order valence-electron chi connectivity index (χ2n) is 4.84. The van der Waals surface area contributed by atoms with E-state index in [-0.39, 0.29) is 0 Å². The predicted octanol–water partition coefficient (Wildman–Crippen LogP) is 2.79. The second-order valence-corrected chi connectivity index (χ2v) is 5.67. The summed E-state index contributed by atoms with van der Waals surface area (Å²) in [5, 5.41) is 11.9. The normalized spacial score (nSPS) is 17.1. The lowest BCUT2D eigenvalue weighted by Crippen LogP contribution is -2.33. The average molecular weight is 268 g/mol. The molecular formula is C13H20N2O2S. The maximum Gasteiger partial charge on any atom is 0.303 e. The van der Waals surface area contributed by atoms with Crippen molar-refractivity contribution >= 4 is 22.4 Å². The van der Waals surface area contributed by atoms with Gasteiger partial charge in [-0.05, 0) is 31.6 Å². The quantitative estimate of drug-likeness (QED) is 0.892. The maximum absolute atomic E-state index is 10.5.